The SMILES string of the molecule is CC(C)(C)c1ccc2nc3c(cc2c1)CCC1=C(Br)C=CCC13. The first-order valence-electron chi connectivity index (χ1n) is 8.42. The lowest BCUT2D eigenvalue weighted by molar-refractivity contribution is 0.591. The highest BCUT2D eigenvalue weighted by Gasteiger charge is 2.29. The summed E-state index contributed by atoms with van der Waals surface area (Å²) in [6, 6.07) is 9.14. The van der Waals surface area contributed by atoms with E-state index in [0.717, 1.165) is 24.8 Å². The molecule has 0 fully saturated rings. The van der Waals surface area contributed by atoms with Gasteiger partial charge in [-0.1, -0.05) is 54.9 Å². The molecule has 23 heavy (non-hydrogen) atoms. The topological polar surface area (TPSA) is 12.9 Å². The molecule has 2 aromatic rings. The van der Waals surface area contributed by atoms with Crippen LogP contribution in [0.1, 0.15) is 56.4 Å². The van der Waals surface area contributed by atoms with Crippen LogP contribution in [0.5, 0.6) is 0 Å². The molecular formula is C21H22BrN. The van der Waals surface area contributed by atoms with Crippen molar-refractivity contribution in [3.8, 4) is 0 Å². The van der Waals surface area contributed by atoms with Crippen LogP contribution in [-0.2, 0) is 11.8 Å². The van der Waals surface area contributed by atoms with E-state index in [1.807, 2.05) is 0 Å². The van der Waals surface area contributed by atoms with E-state index in [0.29, 0.717) is 5.92 Å². The third kappa shape index (κ3) is 2.57. The molecule has 1 aromatic carbocycles. The first-order valence-corrected chi connectivity index (χ1v) is 9.22. The fourth-order valence-corrected chi connectivity index (χ4v) is 4.43. The van der Waals surface area contributed by atoms with E-state index in [4.69, 9.17) is 4.98 Å². The summed E-state index contributed by atoms with van der Waals surface area (Å²) < 4.78 is 1.27. The minimum Gasteiger partial charge on any atom is -0.252 e. The van der Waals surface area contributed by atoms with Crippen LogP contribution in [0.25, 0.3) is 10.9 Å². The molecule has 0 radical (unpaired) electrons. The number of aryl methyl sites for hydroxylation is 1. The molecule has 0 saturated heterocycles. The molecule has 1 heterocycles. The van der Waals surface area contributed by atoms with Crippen LogP contribution in [0.4, 0.5) is 0 Å². The zero-order chi connectivity index (χ0) is 16.2. The van der Waals surface area contributed by atoms with Crippen molar-refractivity contribution >= 4 is 26.8 Å². The largest absolute Gasteiger partial charge is 0.252 e. The number of allylic oxidation sites excluding steroid dienone is 4. The van der Waals surface area contributed by atoms with Gasteiger partial charge in [-0.05, 0) is 59.6 Å². The highest BCUT2D eigenvalue weighted by Crippen LogP contribution is 2.43. The fourth-order valence-electron chi connectivity index (χ4n) is 3.77. The molecule has 2 heteroatoms. The Balaban J connectivity index is 1.86. The highest BCUT2D eigenvalue weighted by atomic mass is 79.9. The Bertz CT molecular complexity index is 852. The number of benzene rings is 1. The van der Waals surface area contributed by atoms with E-state index in [1.165, 1.54) is 32.3 Å². The van der Waals surface area contributed by atoms with Crippen molar-refractivity contribution in [1.82, 2.24) is 4.98 Å². The van der Waals surface area contributed by atoms with Gasteiger partial charge in [0.1, 0.15) is 0 Å². The predicted octanol–water partition coefficient (Wildman–Crippen LogP) is 6.17. The van der Waals surface area contributed by atoms with Gasteiger partial charge in [-0.2, -0.15) is 0 Å². The second kappa shape index (κ2) is 5.31. The number of pyridine rings is 1. The van der Waals surface area contributed by atoms with E-state index >= 15 is 0 Å². The standard InChI is InChI=1S/C21H22BrN/c1-21(2,3)15-8-10-19-14(12-15)11-13-7-9-16-17(20(13)23-19)5-4-6-18(16)22/h4,6,8,10-12,17H,5,7,9H2,1-3H3. The third-order valence-electron chi connectivity index (χ3n) is 5.15. The molecule has 0 bridgehead atoms. The Labute approximate surface area is 146 Å². The second-order valence-corrected chi connectivity index (χ2v) is 8.61. The Hall–Kier alpha value is -1.41. The Morgan fingerprint density at radius 3 is 2.74 bits per heavy atom. The molecule has 1 nitrogen and oxygen atoms in total. The molecule has 118 valence electrons. The van der Waals surface area contributed by atoms with Crippen LogP contribution < -0.4 is 0 Å². The number of hydrogen-bond acceptors (Lipinski definition) is 1. The van der Waals surface area contributed by atoms with Crippen molar-refractivity contribution in [2.75, 3.05) is 0 Å². The van der Waals surface area contributed by atoms with Gasteiger partial charge in [0.2, 0.25) is 0 Å². The molecule has 2 aliphatic carbocycles. The highest BCUT2D eigenvalue weighted by molar-refractivity contribution is 9.11. The Morgan fingerprint density at radius 2 is 1.96 bits per heavy atom. The van der Waals surface area contributed by atoms with Gasteiger partial charge < -0.3 is 0 Å². The first-order chi connectivity index (χ1) is 10.9. The maximum atomic E-state index is 5.07. The number of halogens is 1. The van der Waals surface area contributed by atoms with E-state index in [9.17, 15) is 0 Å². The van der Waals surface area contributed by atoms with E-state index < -0.39 is 0 Å². The number of nitrogens with zero attached hydrogens (tertiary/aromatic N) is 1. The molecule has 0 aliphatic heterocycles. The van der Waals surface area contributed by atoms with Crippen LogP contribution >= 0.6 is 15.9 Å². The minimum absolute atomic E-state index is 0.180. The van der Waals surface area contributed by atoms with Crippen molar-refractivity contribution in [2.24, 2.45) is 0 Å². The van der Waals surface area contributed by atoms with Crippen molar-refractivity contribution < 1.29 is 0 Å². The molecular weight excluding hydrogens is 346 g/mol. The van der Waals surface area contributed by atoms with Gasteiger partial charge in [0.15, 0.2) is 0 Å². The average Bonchev–Trinajstić information content (AvgIpc) is 2.52. The number of aromatic nitrogens is 1. The summed E-state index contributed by atoms with van der Waals surface area (Å²) in [6.07, 6.45) is 7.80. The van der Waals surface area contributed by atoms with Crippen LogP contribution in [0, 0.1) is 0 Å². The zero-order valence-electron chi connectivity index (χ0n) is 14.0. The molecule has 4 rings (SSSR count). The van der Waals surface area contributed by atoms with Gasteiger partial charge in [-0.15, -0.1) is 0 Å². The zero-order valence-corrected chi connectivity index (χ0v) is 15.6. The van der Waals surface area contributed by atoms with Gasteiger partial charge >= 0.3 is 0 Å². The second-order valence-electron chi connectivity index (χ2n) is 7.75. The van der Waals surface area contributed by atoms with Crippen molar-refractivity contribution in [1.29, 1.82) is 0 Å². The molecule has 0 spiro atoms. The normalized spacial score (nSPS) is 20.6. The molecule has 0 N–H and O–H groups in total. The van der Waals surface area contributed by atoms with Crippen LogP contribution in [0.15, 0.2) is 46.5 Å². The third-order valence-corrected chi connectivity index (χ3v) is 5.92. The summed E-state index contributed by atoms with van der Waals surface area (Å²) in [5.41, 5.74) is 6.95. The summed E-state index contributed by atoms with van der Waals surface area (Å²) in [4.78, 5) is 5.07. The van der Waals surface area contributed by atoms with Gasteiger partial charge in [0, 0.05) is 15.8 Å². The predicted molar refractivity (Wildman–Crippen MR) is 101 cm³/mol. The number of fused-ring (bicyclic) bond motifs is 4. The Morgan fingerprint density at radius 1 is 1.13 bits per heavy atom. The average molecular weight is 368 g/mol. The molecule has 0 amide bonds. The number of hydrogen-bond donors (Lipinski definition) is 0. The Kier molecular flexibility index (Phi) is 3.49. The van der Waals surface area contributed by atoms with E-state index in [1.54, 1.807) is 0 Å². The van der Waals surface area contributed by atoms with Gasteiger partial charge in [-0.3, -0.25) is 4.98 Å². The summed E-state index contributed by atoms with van der Waals surface area (Å²) >= 11 is 3.73. The lowest BCUT2D eigenvalue weighted by Gasteiger charge is -2.30. The van der Waals surface area contributed by atoms with Crippen LogP contribution in [-0.4, -0.2) is 4.98 Å². The van der Waals surface area contributed by atoms with E-state index in [-0.39, 0.29) is 5.41 Å². The molecule has 2 aliphatic rings. The fraction of sp³-hybridized carbons (Fsp3) is 0.381. The monoisotopic (exact) mass is 367 g/mol. The number of rotatable bonds is 0. The summed E-state index contributed by atoms with van der Waals surface area (Å²) in [7, 11) is 0. The maximum absolute atomic E-state index is 5.07. The summed E-state index contributed by atoms with van der Waals surface area (Å²) in [6.45, 7) is 6.80. The van der Waals surface area contributed by atoms with Crippen LogP contribution in [0.2, 0.25) is 0 Å². The lowest BCUT2D eigenvalue weighted by Crippen LogP contribution is -2.17. The van der Waals surface area contributed by atoms with Crippen molar-refractivity contribution in [3.05, 3.63) is 63.3 Å². The van der Waals surface area contributed by atoms with Gasteiger partial charge in [0.25, 0.3) is 0 Å². The van der Waals surface area contributed by atoms with Crippen LogP contribution in [0.3, 0.4) is 0 Å². The van der Waals surface area contributed by atoms with Crippen molar-refractivity contribution in [2.45, 2.75) is 51.4 Å². The summed E-state index contributed by atoms with van der Waals surface area (Å²) in [5, 5.41) is 1.29. The molecule has 1 atom stereocenters. The summed E-state index contributed by atoms with van der Waals surface area (Å²) in [5.74, 6) is 0.463. The molecule has 1 aromatic heterocycles. The van der Waals surface area contributed by atoms with E-state index in [2.05, 4.69) is 73.1 Å². The quantitative estimate of drug-likeness (QED) is 0.542. The minimum atomic E-state index is 0.180. The molecule has 0 saturated carbocycles. The lowest BCUT2D eigenvalue weighted by atomic mass is 9.78. The first kappa shape index (κ1) is 15.1. The van der Waals surface area contributed by atoms with Crippen molar-refractivity contribution in [3.63, 3.8) is 0 Å². The molecule has 1 unspecified atom stereocenters. The smallest absolute Gasteiger partial charge is 0.0705 e. The van der Waals surface area contributed by atoms with Gasteiger partial charge in [-0.25, -0.2) is 0 Å². The maximum Gasteiger partial charge on any atom is 0.0705 e. The van der Waals surface area contributed by atoms with Gasteiger partial charge in [0.05, 0.1) is 11.2 Å².